The molecule has 0 aliphatic rings. The fourth-order valence-electron chi connectivity index (χ4n) is 2.38. The Balaban J connectivity index is 2.14. The minimum absolute atomic E-state index is 0.00490. The van der Waals surface area contributed by atoms with Crippen LogP contribution in [0.3, 0.4) is 0 Å². The fraction of sp³-hybridized carbons (Fsp3) is 0.263. The maximum Gasteiger partial charge on any atom is 0.251 e. The minimum atomic E-state index is -3.26. The number of benzene rings is 2. The summed E-state index contributed by atoms with van der Waals surface area (Å²) in [6.07, 6.45) is 1.09. The second-order valence-electron chi connectivity index (χ2n) is 6.17. The van der Waals surface area contributed by atoms with Gasteiger partial charge in [-0.25, -0.2) is 8.42 Å². The van der Waals surface area contributed by atoms with Gasteiger partial charge in [0.2, 0.25) is 5.91 Å². The molecule has 6 nitrogen and oxygen atoms in total. The molecule has 0 saturated carbocycles. The lowest BCUT2D eigenvalue weighted by Crippen LogP contribution is -2.44. The molecule has 2 aromatic rings. The van der Waals surface area contributed by atoms with E-state index in [1.807, 2.05) is 13.0 Å². The summed E-state index contributed by atoms with van der Waals surface area (Å²) in [5.74, 6) is -1.08. The van der Waals surface area contributed by atoms with Crippen LogP contribution >= 0.6 is 0 Å². The van der Waals surface area contributed by atoms with Crippen LogP contribution in [0.2, 0.25) is 0 Å². The number of carbonyl (C=O) groups excluding carboxylic acids is 2. The SMILES string of the molecule is Cc1cccc(NC(=O)[C@H](CCS(C)(=O)=O)NC(=O)c2ccccc2)c1. The van der Waals surface area contributed by atoms with Gasteiger partial charge in [-0.3, -0.25) is 9.59 Å². The van der Waals surface area contributed by atoms with Gasteiger partial charge in [-0.1, -0.05) is 30.3 Å². The molecule has 0 fully saturated rings. The molecule has 2 rings (SSSR count). The summed E-state index contributed by atoms with van der Waals surface area (Å²) in [7, 11) is -3.26. The molecule has 0 aliphatic carbocycles. The van der Waals surface area contributed by atoms with Crippen LogP contribution in [-0.2, 0) is 14.6 Å². The van der Waals surface area contributed by atoms with Gasteiger partial charge in [-0.05, 0) is 43.2 Å². The second-order valence-corrected chi connectivity index (χ2v) is 8.43. The summed E-state index contributed by atoms with van der Waals surface area (Å²) in [4.78, 5) is 24.9. The Hall–Kier alpha value is -2.67. The van der Waals surface area contributed by atoms with Crippen LogP contribution in [0.5, 0.6) is 0 Å². The molecule has 0 unspecified atom stereocenters. The van der Waals surface area contributed by atoms with Gasteiger partial charge in [-0.15, -0.1) is 0 Å². The molecule has 0 radical (unpaired) electrons. The first-order chi connectivity index (χ1) is 12.2. The molecule has 0 bridgehead atoms. The van der Waals surface area contributed by atoms with Gasteiger partial charge in [0.05, 0.1) is 5.75 Å². The molecule has 138 valence electrons. The number of carbonyl (C=O) groups is 2. The number of sulfone groups is 1. The number of hydrogen-bond acceptors (Lipinski definition) is 4. The van der Waals surface area contributed by atoms with Gasteiger partial charge in [0.25, 0.3) is 5.91 Å². The van der Waals surface area contributed by atoms with Crippen molar-refractivity contribution in [1.82, 2.24) is 5.32 Å². The van der Waals surface area contributed by atoms with Crippen molar-refractivity contribution in [3.63, 3.8) is 0 Å². The van der Waals surface area contributed by atoms with E-state index in [2.05, 4.69) is 10.6 Å². The highest BCUT2D eigenvalue weighted by molar-refractivity contribution is 7.90. The zero-order chi connectivity index (χ0) is 19.2. The molecule has 0 heterocycles. The van der Waals surface area contributed by atoms with E-state index in [9.17, 15) is 18.0 Å². The molecule has 0 aromatic heterocycles. The Labute approximate surface area is 153 Å². The van der Waals surface area contributed by atoms with E-state index in [0.29, 0.717) is 11.3 Å². The van der Waals surface area contributed by atoms with E-state index in [4.69, 9.17) is 0 Å². The quantitative estimate of drug-likeness (QED) is 0.777. The average Bonchev–Trinajstić information content (AvgIpc) is 2.58. The third kappa shape index (κ3) is 6.33. The van der Waals surface area contributed by atoms with Crippen molar-refractivity contribution in [1.29, 1.82) is 0 Å². The van der Waals surface area contributed by atoms with Gasteiger partial charge < -0.3 is 10.6 Å². The van der Waals surface area contributed by atoms with Crippen molar-refractivity contribution in [2.24, 2.45) is 0 Å². The summed E-state index contributed by atoms with van der Waals surface area (Å²) in [6, 6.07) is 14.7. The topological polar surface area (TPSA) is 92.3 Å². The molecule has 2 aromatic carbocycles. The van der Waals surface area contributed by atoms with Crippen molar-refractivity contribution in [3.8, 4) is 0 Å². The molecule has 0 aliphatic heterocycles. The third-order valence-corrected chi connectivity index (χ3v) is 4.70. The first-order valence-corrected chi connectivity index (χ1v) is 10.2. The predicted octanol–water partition coefficient (Wildman–Crippen LogP) is 2.17. The van der Waals surface area contributed by atoms with Crippen LogP contribution in [0.15, 0.2) is 54.6 Å². The highest BCUT2D eigenvalue weighted by Crippen LogP contribution is 2.11. The van der Waals surface area contributed by atoms with Crippen molar-refractivity contribution in [3.05, 3.63) is 65.7 Å². The lowest BCUT2D eigenvalue weighted by molar-refractivity contribution is -0.118. The zero-order valence-corrected chi connectivity index (χ0v) is 15.5. The fourth-order valence-corrected chi connectivity index (χ4v) is 3.05. The van der Waals surface area contributed by atoms with Crippen LogP contribution in [0, 0.1) is 6.92 Å². The van der Waals surface area contributed by atoms with E-state index in [1.165, 1.54) is 0 Å². The molecule has 7 heteroatoms. The number of amides is 2. The van der Waals surface area contributed by atoms with Crippen LogP contribution in [0.25, 0.3) is 0 Å². The molecule has 26 heavy (non-hydrogen) atoms. The summed E-state index contributed by atoms with van der Waals surface area (Å²) < 4.78 is 22.9. The standard InChI is InChI=1S/C19H22N2O4S/c1-14-7-6-10-16(13-14)20-19(23)17(11-12-26(2,24)25)21-18(22)15-8-4-3-5-9-15/h3-10,13,17H,11-12H2,1-2H3,(H,20,23)(H,21,22)/t17-/m0/s1. The second kappa shape index (κ2) is 8.62. The van der Waals surface area contributed by atoms with Gasteiger partial charge in [0.15, 0.2) is 0 Å². The Morgan fingerprint density at radius 2 is 1.73 bits per heavy atom. The van der Waals surface area contributed by atoms with E-state index in [-0.39, 0.29) is 12.2 Å². The normalized spacial score (nSPS) is 12.2. The van der Waals surface area contributed by atoms with Gasteiger partial charge in [-0.2, -0.15) is 0 Å². The number of nitrogens with one attached hydrogen (secondary N) is 2. The van der Waals surface area contributed by atoms with Crippen molar-refractivity contribution in [2.45, 2.75) is 19.4 Å². The van der Waals surface area contributed by atoms with Crippen molar-refractivity contribution in [2.75, 3.05) is 17.3 Å². The molecule has 0 spiro atoms. The van der Waals surface area contributed by atoms with E-state index >= 15 is 0 Å². The average molecular weight is 374 g/mol. The lowest BCUT2D eigenvalue weighted by Gasteiger charge is -2.18. The highest BCUT2D eigenvalue weighted by atomic mass is 32.2. The van der Waals surface area contributed by atoms with Crippen LogP contribution in [0.1, 0.15) is 22.3 Å². The van der Waals surface area contributed by atoms with Crippen molar-refractivity contribution >= 4 is 27.3 Å². The van der Waals surface area contributed by atoms with Crippen LogP contribution in [0.4, 0.5) is 5.69 Å². The summed E-state index contributed by atoms with van der Waals surface area (Å²) in [6.45, 7) is 1.90. The largest absolute Gasteiger partial charge is 0.340 e. The lowest BCUT2D eigenvalue weighted by atomic mass is 10.1. The van der Waals surface area contributed by atoms with Crippen molar-refractivity contribution < 1.29 is 18.0 Å². The smallest absolute Gasteiger partial charge is 0.251 e. The third-order valence-electron chi connectivity index (χ3n) is 3.72. The molecule has 0 saturated heterocycles. The maximum atomic E-state index is 12.6. The van der Waals surface area contributed by atoms with Gasteiger partial charge >= 0.3 is 0 Å². The van der Waals surface area contributed by atoms with Gasteiger partial charge in [0.1, 0.15) is 15.9 Å². The number of aryl methyl sites for hydroxylation is 1. The Bertz CT molecular complexity index is 879. The molecule has 1 atom stereocenters. The van der Waals surface area contributed by atoms with E-state index < -0.39 is 27.7 Å². The Morgan fingerprint density at radius 1 is 1.04 bits per heavy atom. The molecular weight excluding hydrogens is 352 g/mol. The summed E-state index contributed by atoms with van der Waals surface area (Å²) >= 11 is 0. The summed E-state index contributed by atoms with van der Waals surface area (Å²) in [5.41, 5.74) is 1.97. The molecule has 2 N–H and O–H groups in total. The van der Waals surface area contributed by atoms with E-state index in [1.54, 1.807) is 48.5 Å². The van der Waals surface area contributed by atoms with Crippen LogP contribution < -0.4 is 10.6 Å². The van der Waals surface area contributed by atoms with Crippen LogP contribution in [-0.4, -0.2) is 38.3 Å². The first-order valence-electron chi connectivity index (χ1n) is 8.16. The molecule has 2 amide bonds. The summed E-state index contributed by atoms with van der Waals surface area (Å²) in [5, 5.41) is 5.35. The maximum absolute atomic E-state index is 12.6. The number of hydrogen-bond donors (Lipinski definition) is 2. The monoisotopic (exact) mass is 374 g/mol. The zero-order valence-electron chi connectivity index (χ0n) is 14.7. The highest BCUT2D eigenvalue weighted by Gasteiger charge is 2.23. The Kier molecular flexibility index (Phi) is 6.52. The number of rotatable bonds is 7. The minimum Gasteiger partial charge on any atom is -0.340 e. The van der Waals surface area contributed by atoms with E-state index in [0.717, 1.165) is 11.8 Å². The number of anilines is 1. The van der Waals surface area contributed by atoms with Gasteiger partial charge in [0, 0.05) is 17.5 Å². The Morgan fingerprint density at radius 3 is 2.35 bits per heavy atom. The predicted molar refractivity (Wildman–Crippen MR) is 102 cm³/mol. The molecular formula is C19H22N2O4S. The first kappa shape index (κ1) is 19.7.